The van der Waals surface area contributed by atoms with Gasteiger partial charge in [-0.05, 0) is 32.0 Å². The fraction of sp³-hybridized carbons (Fsp3) is 0.167. The lowest BCUT2D eigenvalue weighted by molar-refractivity contribution is 0.834. The van der Waals surface area contributed by atoms with Gasteiger partial charge in [0.15, 0.2) is 0 Å². The van der Waals surface area contributed by atoms with Crippen molar-refractivity contribution in [1.82, 2.24) is 9.78 Å². The number of halogens is 2. The van der Waals surface area contributed by atoms with Gasteiger partial charge in [-0.25, -0.2) is 4.68 Å². The summed E-state index contributed by atoms with van der Waals surface area (Å²) in [6, 6.07) is 7.28. The number of rotatable bonds is 1. The van der Waals surface area contributed by atoms with Crippen molar-refractivity contribution in [1.29, 1.82) is 5.26 Å². The average Bonchev–Trinajstić information content (AvgIpc) is 2.57. The topological polar surface area (TPSA) is 41.6 Å². The Bertz CT molecular complexity index is 623. The second kappa shape index (κ2) is 4.40. The second-order valence-corrected chi connectivity index (χ2v) is 4.51. The minimum Gasteiger partial charge on any atom is -0.235 e. The van der Waals surface area contributed by atoms with Crippen LogP contribution in [-0.2, 0) is 0 Å². The van der Waals surface area contributed by atoms with Gasteiger partial charge in [0.2, 0.25) is 0 Å². The molecule has 5 heteroatoms. The Hall–Kier alpha value is -1.50. The van der Waals surface area contributed by atoms with E-state index in [2.05, 4.69) is 11.2 Å². The molecule has 0 radical (unpaired) electrons. The van der Waals surface area contributed by atoms with Crippen LogP contribution in [0.2, 0.25) is 10.0 Å². The number of hydrogen-bond donors (Lipinski definition) is 0. The molecule has 3 nitrogen and oxygen atoms in total. The van der Waals surface area contributed by atoms with Gasteiger partial charge in [-0.3, -0.25) is 0 Å². The second-order valence-electron chi connectivity index (χ2n) is 3.67. The van der Waals surface area contributed by atoms with E-state index in [1.807, 2.05) is 6.92 Å². The summed E-state index contributed by atoms with van der Waals surface area (Å²) in [5, 5.41) is 14.5. The third-order valence-corrected chi connectivity index (χ3v) is 3.09. The van der Waals surface area contributed by atoms with E-state index in [0.717, 1.165) is 5.69 Å². The normalized spacial score (nSPS) is 10.3. The predicted octanol–water partition coefficient (Wildman–Crippen LogP) is 3.67. The van der Waals surface area contributed by atoms with Crippen LogP contribution < -0.4 is 0 Å². The first kappa shape index (κ1) is 12.0. The zero-order valence-electron chi connectivity index (χ0n) is 9.33. The third kappa shape index (κ3) is 2.02. The molecule has 17 heavy (non-hydrogen) atoms. The largest absolute Gasteiger partial charge is 0.235 e. The van der Waals surface area contributed by atoms with E-state index in [1.165, 1.54) is 0 Å². The zero-order chi connectivity index (χ0) is 12.6. The Balaban J connectivity index is 2.70. The summed E-state index contributed by atoms with van der Waals surface area (Å²) in [6.07, 6.45) is 0. The SMILES string of the molecule is Cc1nn(-c2cc(Cl)ccc2Cl)c(C)c1C#N. The molecule has 1 aromatic heterocycles. The number of nitriles is 1. The fourth-order valence-electron chi connectivity index (χ4n) is 1.69. The highest BCUT2D eigenvalue weighted by Gasteiger charge is 2.14. The standard InChI is InChI=1S/C12H9Cl2N3/c1-7-10(6-15)8(2)17(16-7)12-5-9(13)3-4-11(12)14/h3-5H,1-2H3. The molecule has 0 aliphatic heterocycles. The minimum atomic E-state index is 0.546. The van der Waals surface area contributed by atoms with Gasteiger partial charge in [0.1, 0.15) is 6.07 Å². The first-order chi connectivity index (χ1) is 8.04. The summed E-state index contributed by atoms with van der Waals surface area (Å²) < 4.78 is 1.64. The average molecular weight is 266 g/mol. The number of aromatic nitrogens is 2. The van der Waals surface area contributed by atoms with Crippen molar-refractivity contribution in [2.75, 3.05) is 0 Å². The smallest absolute Gasteiger partial charge is 0.103 e. The van der Waals surface area contributed by atoms with Gasteiger partial charge in [0.25, 0.3) is 0 Å². The van der Waals surface area contributed by atoms with Crippen LogP contribution in [0.3, 0.4) is 0 Å². The first-order valence-electron chi connectivity index (χ1n) is 4.96. The predicted molar refractivity (Wildman–Crippen MR) is 67.8 cm³/mol. The van der Waals surface area contributed by atoms with E-state index in [0.29, 0.717) is 27.0 Å². The molecule has 1 heterocycles. The van der Waals surface area contributed by atoms with Crippen molar-refractivity contribution in [2.24, 2.45) is 0 Å². The molecule has 0 saturated carbocycles. The van der Waals surface area contributed by atoms with Crippen molar-refractivity contribution >= 4 is 23.2 Å². The molecule has 0 amide bonds. The molecule has 0 fully saturated rings. The molecule has 2 aromatic rings. The van der Waals surface area contributed by atoms with Crippen LogP contribution in [0, 0.1) is 25.2 Å². The molecular weight excluding hydrogens is 257 g/mol. The Morgan fingerprint density at radius 3 is 2.59 bits per heavy atom. The highest BCUT2D eigenvalue weighted by Crippen LogP contribution is 2.26. The van der Waals surface area contributed by atoms with Gasteiger partial charge in [-0.15, -0.1) is 0 Å². The third-order valence-electron chi connectivity index (χ3n) is 2.54. The van der Waals surface area contributed by atoms with Gasteiger partial charge in [0.05, 0.1) is 27.7 Å². The molecule has 0 aliphatic rings. The summed E-state index contributed by atoms with van der Waals surface area (Å²) in [6.45, 7) is 3.62. The maximum atomic E-state index is 9.02. The monoisotopic (exact) mass is 265 g/mol. The van der Waals surface area contributed by atoms with Crippen LogP contribution in [0.4, 0.5) is 0 Å². The minimum absolute atomic E-state index is 0.546. The van der Waals surface area contributed by atoms with E-state index < -0.39 is 0 Å². The summed E-state index contributed by atoms with van der Waals surface area (Å²) >= 11 is 12.0. The number of aryl methyl sites for hydroxylation is 1. The molecule has 86 valence electrons. The van der Waals surface area contributed by atoms with E-state index in [4.69, 9.17) is 28.5 Å². The van der Waals surface area contributed by atoms with Crippen molar-refractivity contribution in [3.8, 4) is 11.8 Å². The van der Waals surface area contributed by atoms with Crippen LogP contribution in [-0.4, -0.2) is 9.78 Å². The van der Waals surface area contributed by atoms with E-state index in [1.54, 1.807) is 29.8 Å². The molecule has 1 aromatic carbocycles. The van der Waals surface area contributed by atoms with E-state index in [-0.39, 0.29) is 0 Å². The van der Waals surface area contributed by atoms with Crippen molar-refractivity contribution < 1.29 is 0 Å². The molecule has 0 spiro atoms. The quantitative estimate of drug-likeness (QED) is 0.790. The molecular formula is C12H9Cl2N3. The number of benzene rings is 1. The Kier molecular flexibility index (Phi) is 3.10. The van der Waals surface area contributed by atoms with Gasteiger partial charge >= 0.3 is 0 Å². The van der Waals surface area contributed by atoms with Crippen molar-refractivity contribution in [2.45, 2.75) is 13.8 Å². The van der Waals surface area contributed by atoms with Gasteiger partial charge in [-0.2, -0.15) is 10.4 Å². The lowest BCUT2D eigenvalue weighted by Gasteiger charge is -2.07. The van der Waals surface area contributed by atoms with Crippen LogP contribution in [0.1, 0.15) is 17.0 Å². The molecule has 0 aliphatic carbocycles. The van der Waals surface area contributed by atoms with Gasteiger partial charge < -0.3 is 0 Å². The summed E-state index contributed by atoms with van der Waals surface area (Å²) in [5.74, 6) is 0. The fourth-order valence-corrected chi connectivity index (χ4v) is 2.05. The van der Waals surface area contributed by atoms with Crippen molar-refractivity contribution in [3.05, 3.63) is 45.2 Å². The molecule has 0 atom stereocenters. The molecule has 0 N–H and O–H groups in total. The highest BCUT2D eigenvalue weighted by molar-refractivity contribution is 6.34. The van der Waals surface area contributed by atoms with Crippen LogP contribution in [0.15, 0.2) is 18.2 Å². The Morgan fingerprint density at radius 2 is 2.00 bits per heavy atom. The Morgan fingerprint density at radius 1 is 1.29 bits per heavy atom. The maximum Gasteiger partial charge on any atom is 0.103 e. The van der Waals surface area contributed by atoms with Gasteiger partial charge in [0, 0.05) is 5.02 Å². The Labute approximate surface area is 109 Å². The molecule has 0 unspecified atom stereocenters. The molecule has 0 saturated heterocycles. The maximum absolute atomic E-state index is 9.02. The molecule has 2 rings (SSSR count). The molecule has 0 bridgehead atoms. The number of hydrogen-bond acceptors (Lipinski definition) is 2. The van der Waals surface area contributed by atoms with Crippen molar-refractivity contribution in [3.63, 3.8) is 0 Å². The van der Waals surface area contributed by atoms with Crippen LogP contribution in [0.5, 0.6) is 0 Å². The highest BCUT2D eigenvalue weighted by atomic mass is 35.5. The number of nitrogens with zero attached hydrogens (tertiary/aromatic N) is 3. The van der Waals surface area contributed by atoms with Gasteiger partial charge in [-0.1, -0.05) is 23.2 Å². The first-order valence-corrected chi connectivity index (χ1v) is 5.72. The van der Waals surface area contributed by atoms with E-state index in [9.17, 15) is 0 Å². The van der Waals surface area contributed by atoms with E-state index >= 15 is 0 Å². The lowest BCUT2D eigenvalue weighted by atomic mass is 10.2. The van der Waals surface area contributed by atoms with Crippen LogP contribution in [0.25, 0.3) is 5.69 Å². The lowest BCUT2D eigenvalue weighted by Crippen LogP contribution is -2.00. The van der Waals surface area contributed by atoms with Crippen LogP contribution >= 0.6 is 23.2 Å². The summed E-state index contributed by atoms with van der Waals surface area (Å²) in [4.78, 5) is 0. The summed E-state index contributed by atoms with van der Waals surface area (Å²) in [7, 11) is 0. The zero-order valence-corrected chi connectivity index (χ0v) is 10.8. The summed E-state index contributed by atoms with van der Waals surface area (Å²) in [5.41, 5.74) is 2.69.